The highest BCUT2D eigenvalue weighted by molar-refractivity contribution is 5.88. The lowest BCUT2D eigenvalue weighted by molar-refractivity contribution is 0.584. The van der Waals surface area contributed by atoms with E-state index < -0.39 is 11.6 Å². The molecule has 0 heterocycles. The van der Waals surface area contributed by atoms with E-state index in [9.17, 15) is 8.78 Å². The summed E-state index contributed by atoms with van der Waals surface area (Å²) in [4.78, 5) is 0. The average molecular weight is 372 g/mol. The molecule has 0 saturated carbocycles. The van der Waals surface area contributed by atoms with Gasteiger partial charge in [-0.3, -0.25) is 0 Å². The Morgan fingerprint density at radius 2 is 1.14 bits per heavy atom. The third kappa shape index (κ3) is 3.96. The molecule has 0 amide bonds. The van der Waals surface area contributed by atoms with Crippen LogP contribution in [0, 0.1) is 11.6 Å². The van der Waals surface area contributed by atoms with Gasteiger partial charge in [-0.2, -0.15) is 0 Å². The number of halogens is 2. The van der Waals surface area contributed by atoms with Gasteiger partial charge < -0.3 is 0 Å². The summed E-state index contributed by atoms with van der Waals surface area (Å²) < 4.78 is 26.9. The molecule has 4 aromatic carbocycles. The van der Waals surface area contributed by atoms with Crippen molar-refractivity contribution in [2.75, 3.05) is 0 Å². The van der Waals surface area contributed by atoms with E-state index in [1.54, 1.807) is 0 Å². The minimum absolute atomic E-state index is 0.544. The maximum Gasteiger partial charge on any atom is 0.126 e. The monoisotopic (exact) mass is 372 g/mol. The molecule has 0 N–H and O–H groups in total. The number of fused-ring (bicyclic) bond motifs is 1. The van der Waals surface area contributed by atoms with Crippen LogP contribution in [-0.2, 0) is 6.42 Å². The zero-order valence-corrected chi connectivity index (χ0v) is 15.9. The molecule has 0 bridgehead atoms. The van der Waals surface area contributed by atoms with Gasteiger partial charge >= 0.3 is 0 Å². The zero-order chi connectivity index (χ0) is 19.5. The lowest BCUT2D eigenvalue weighted by Gasteiger charge is -2.08. The first-order chi connectivity index (χ1) is 13.6. The number of rotatable bonds is 5. The van der Waals surface area contributed by atoms with E-state index >= 15 is 0 Å². The Kier molecular flexibility index (Phi) is 5.21. The van der Waals surface area contributed by atoms with Crippen LogP contribution in [-0.4, -0.2) is 0 Å². The van der Waals surface area contributed by atoms with Gasteiger partial charge in [0.2, 0.25) is 0 Å². The van der Waals surface area contributed by atoms with Gasteiger partial charge in [-0.25, -0.2) is 8.78 Å². The highest BCUT2D eigenvalue weighted by Crippen LogP contribution is 2.28. The Bertz CT molecular complexity index is 1090. The molecular weight excluding hydrogens is 350 g/mol. The van der Waals surface area contributed by atoms with E-state index in [0.29, 0.717) is 5.56 Å². The predicted octanol–water partition coefficient (Wildman–Crippen LogP) is 7.79. The van der Waals surface area contributed by atoms with Crippen LogP contribution in [0.3, 0.4) is 0 Å². The Labute approximate surface area is 164 Å². The van der Waals surface area contributed by atoms with E-state index in [1.165, 1.54) is 41.3 Å². The molecule has 4 aromatic rings. The van der Waals surface area contributed by atoms with Gasteiger partial charge in [0.1, 0.15) is 11.6 Å². The first-order valence-corrected chi connectivity index (χ1v) is 9.72. The minimum Gasteiger partial charge on any atom is -0.207 e. The highest BCUT2D eigenvalue weighted by atomic mass is 19.1. The van der Waals surface area contributed by atoms with Crippen molar-refractivity contribution in [2.24, 2.45) is 0 Å². The molecule has 0 aromatic heterocycles. The van der Waals surface area contributed by atoms with Gasteiger partial charge in [-0.05, 0) is 69.6 Å². The van der Waals surface area contributed by atoms with Crippen molar-refractivity contribution in [1.29, 1.82) is 0 Å². The summed E-state index contributed by atoms with van der Waals surface area (Å²) in [5.74, 6) is -1.13. The summed E-state index contributed by atoms with van der Waals surface area (Å²) >= 11 is 0. The molecule has 0 nitrogen and oxygen atoms in total. The fourth-order valence-corrected chi connectivity index (χ4v) is 3.59. The SMILES string of the molecule is CCCCc1ccc2cc(-c3ccc(-c4cc(F)cc(F)c4)cc3)ccc2c1. The van der Waals surface area contributed by atoms with E-state index in [0.717, 1.165) is 29.2 Å². The number of hydrogen-bond donors (Lipinski definition) is 0. The van der Waals surface area contributed by atoms with Crippen LogP contribution in [0.4, 0.5) is 8.78 Å². The molecule has 140 valence electrons. The summed E-state index contributed by atoms with van der Waals surface area (Å²) in [6.07, 6.45) is 3.54. The molecule has 0 aliphatic heterocycles. The second-order valence-corrected chi connectivity index (χ2v) is 7.24. The Hall–Kier alpha value is -3.00. The minimum atomic E-state index is -0.563. The highest BCUT2D eigenvalue weighted by Gasteiger charge is 2.05. The van der Waals surface area contributed by atoms with E-state index in [-0.39, 0.29) is 0 Å². The first kappa shape index (κ1) is 18.4. The molecule has 0 unspecified atom stereocenters. The average Bonchev–Trinajstić information content (AvgIpc) is 2.71. The summed E-state index contributed by atoms with van der Waals surface area (Å²) in [5, 5.41) is 2.47. The van der Waals surface area contributed by atoms with Crippen LogP contribution < -0.4 is 0 Å². The quantitative estimate of drug-likeness (QED) is 0.335. The van der Waals surface area contributed by atoms with Crippen LogP contribution in [0.5, 0.6) is 0 Å². The van der Waals surface area contributed by atoms with Crippen LogP contribution in [0.15, 0.2) is 78.9 Å². The number of unbranched alkanes of at least 4 members (excludes halogenated alkanes) is 1. The standard InChI is InChI=1S/C26H22F2/c1-2-3-4-18-5-6-23-14-22(12-11-21(23)13-18)19-7-9-20(10-8-19)24-15-25(27)17-26(28)16-24/h5-17H,2-4H2,1H3. The van der Waals surface area contributed by atoms with Crippen molar-refractivity contribution < 1.29 is 8.78 Å². The zero-order valence-electron chi connectivity index (χ0n) is 15.9. The van der Waals surface area contributed by atoms with Crippen LogP contribution in [0.2, 0.25) is 0 Å². The molecule has 0 fully saturated rings. The summed E-state index contributed by atoms with van der Waals surface area (Å²) in [6, 6.07) is 24.5. The lowest BCUT2D eigenvalue weighted by Crippen LogP contribution is -1.86. The second-order valence-electron chi connectivity index (χ2n) is 7.24. The molecule has 0 radical (unpaired) electrons. The van der Waals surface area contributed by atoms with Gasteiger partial charge in [0.15, 0.2) is 0 Å². The summed E-state index contributed by atoms with van der Waals surface area (Å²) in [7, 11) is 0. The van der Waals surface area contributed by atoms with E-state index in [4.69, 9.17) is 0 Å². The largest absolute Gasteiger partial charge is 0.207 e. The van der Waals surface area contributed by atoms with Crippen molar-refractivity contribution in [3.8, 4) is 22.3 Å². The molecular formula is C26H22F2. The lowest BCUT2D eigenvalue weighted by atomic mass is 9.97. The van der Waals surface area contributed by atoms with Crippen LogP contribution in [0.1, 0.15) is 25.3 Å². The number of hydrogen-bond acceptors (Lipinski definition) is 0. The fraction of sp³-hybridized carbons (Fsp3) is 0.154. The molecule has 0 saturated heterocycles. The second kappa shape index (κ2) is 7.93. The first-order valence-electron chi connectivity index (χ1n) is 9.72. The molecule has 0 atom stereocenters. The predicted molar refractivity (Wildman–Crippen MR) is 113 cm³/mol. The van der Waals surface area contributed by atoms with Gasteiger partial charge in [-0.15, -0.1) is 0 Å². The molecule has 2 heteroatoms. The molecule has 0 aliphatic carbocycles. The third-order valence-electron chi connectivity index (χ3n) is 5.14. The fourth-order valence-electron chi connectivity index (χ4n) is 3.59. The molecule has 28 heavy (non-hydrogen) atoms. The maximum atomic E-state index is 13.5. The summed E-state index contributed by atoms with van der Waals surface area (Å²) in [5.41, 5.74) is 4.93. The maximum absolute atomic E-state index is 13.5. The number of benzene rings is 4. The Morgan fingerprint density at radius 3 is 1.82 bits per heavy atom. The molecule has 4 rings (SSSR count). The Morgan fingerprint density at radius 1 is 0.571 bits per heavy atom. The Balaban J connectivity index is 1.62. The smallest absolute Gasteiger partial charge is 0.126 e. The molecule has 0 spiro atoms. The van der Waals surface area contributed by atoms with Crippen molar-refractivity contribution in [2.45, 2.75) is 26.2 Å². The van der Waals surface area contributed by atoms with Gasteiger partial charge in [0.25, 0.3) is 0 Å². The topological polar surface area (TPSA) is 0 Å². The van der Waals surface area contributed by atoms with Crippen LogP contribution >= 0.6 is 0 Å². The van der Waals surface area contributed by atoms with Gasteiger partial charge in [-0.1, -0.05) is 67.9 Å². The van der Waals surface area contributed by atoms with Crippen molar-refractivity contribution in [3.05, 3.63) is 96.1 Å². The van der Waals surface area contributed by atoms with Crippen molar-refractivity contribution in [1.82, 2.24) is 0 Å². The number of aryl methyl sites for hydroxylation is 1. The molecule has 0 aliphatic rings. The van der Waals surface area contributed by atoms with Crippen molar-refractivity contribution >= 4 is 10.8 Å². The summed E-state index contributed by atoms with van der Waals surface area (Å²) in [6.45, 7) is 2.21. The van der Waals surface area contributed by atoms with E-state index in [1.807, 2.05) is 24.3 Å². The van der Waals surface area contributed by atoms with Gasteiger partial charge in [0, 0.05) is 6.07 Å². The third-order valence-corrected chi connectivity index (χ3v) is 5.14. The van der Waals surface area contributed by atoms with Crippen LogP contribution in [0.25, 0.3) is 33.0 Å². The van der Waals surface area contributed by atoms with E-state index in [2.05, 4.69) is 43.3 Å². The van der Waals surface area contributed by atoms with Gasteiger partial charge in [0.05, 0.1) is 0 Å². The van der Waals surface area contributed by atoms with Crippen molar-refractivity contribution in [3.63, 3.8) is 0 Å². The normalized spacial score (nSPS) is 11.1.